The number of halogens is 1. The predicted octanol–water partition coefficient (Wildman–Crippen LogP) is 7.18. The Balaban J connectivity index is 1.79. The van der Waals surface area contributed by atoms with Crippen LogP contribution in [-0.2, 0) is 15.6 Å². The van der Waals surface area contributed by atoms with Gasteiger partial charge >= 0.3 is 0 Å². The molecule has 2 aromatic rings. The van der Waals surface area contributed by atoms with Crippen LogP contribution in [0.15, 0.2) is 10.1 Å². The molecule has 11 nitrogen and oxygen atoms in total. The Morgan fingerprint density at radius 2 is 1.73 bits per heavy atom. The van der Waals surface area contributed by atoms with E-state index in [1.165, 1.54) is 0 Å². The molecule has 0 spiro atoms. The van der Waals surface area contributed by atoms with Crippen LogP contribution in [-0.4, -0.2) is 79.2 Å². The SMILES string of the molecule is CCCCOc1noc2c1C(=O)[C@@]1(O[Si](C)(C)C(C)(C)C)C(=O)C3=C(O)c4c(c(C=O)nc(Cl)c4OCCCC)C[C@H]3C[C@H]1[C@@H]2N(C)C. The van der Waals surface area contributed by atoms with Crippen LogP contribution < -0.4 is 9.47 Å². The number of carbonyl (C=O) groups excluding carboxylic acids is 3. The van der Waals surface area contributed by atoms with Gasteiger partial charge in [-0.05, 0) is 74.5 Å². The van der Waals surface area contributed by atoms with Crippen molar-refractivity contribution in [2.75, 3.05) is 27.3 Å². The fraction of sp³-hybridized carbons (Fsp3) is 0.629. The van der Waals surface area contributed by atoms with E-state index in [9.17, 15) is 9.90 Å². The Bertz CT molecular complexity index is 1640. The zero-order chi connectivity index (χ0) is 35.3. The molecule has 3 aliphatic carbocycles. The highest BCUT2D eigenvalue weighted by atomic mass is 35.5. The van der Waals surface area contributed by atoms with Gasteiger partial charge in [0, 0.05) is 11.5 Å². The third-order valence-corrected chi connectivity index (χ3v) is 15.2. The maximum absolute atomic E-state index is 15.4. The number of carbonyl (C=O) groups is 3. The highest BCUT2D eigenvalue weighted by Crippen LogP contribution is 2.59. The Morgan fingerprint density at radius 1 is 1.08 bits per heavy atom. The number of hydrogen-bond acceptors (Lipinski definition) is 11. The molecule has 13 heteroatoms. The number of aromatic nitrogens is 2. The molecule has 48 heavy (non-hydrogen) atoms. The molecule has 0 radical (unpaired) electrons. The average Bonchev–Trinajstić information content (AvgIpc) is 3.42. The number of ketones is 2. The van der Waals surface area contributed by atoms with Crippen LogP contribution in [0.1, 0.15) is 110 Å². The summed E-state index contributed by atoms with van der Waals surface area (Å²) in [5, 5.41) is 15.9. The molecule has 1 saturated carbocycles. The largest absolute Gasteiger partial charge is 0.507 e. The number of pyridine rings is 1. The molecule has 3 aliphatic rings. The Labute approximate surface area is 288 Å². The minimum absolute atomic E-state index is 0.0363. The van der Waals surface area contributed by atoms with E-state index >= 15 is 9.59 Å². The van der Waals surface area contributed by atoms with Crippen molar-refractivity contribution in [3.63, 3.8) is 0 Å². The van der Waals surface area contributed by atoms with Crippen molar-refractivity contribution in [3.8, 4) is 11.6 Å². The van der Waals surface area contributed by atoms with E-state index in [0.29, 0.717) is 37.2 Å². The van der Waals surface area contributed by atoms with Gasteiger partial charge in [-0.15, -0.1) is 0 Å². The van der Waals surface area contributed by atoms with Crippen LogP contribution in [0.3, 0.4) is 0 Å². The van der Waals surface area contributed by atoms with Gasteiger partial charge in [-0.3, -0.25) is 19.3 Å². The van der Waals surface area contributed by atoms with Crippen molar-refractivity contribution in [1.29, 1.82) is 0 Å². The zero-order valence-corrected chi connectivity index (χ0v) is 31.2. The van der Waals surface area contributed by atoms with Crippen LogP contribution in [0.25, 0.3) is 5.76 Å². The molecule has 5 rings (SSSR count). The van der Waals surface area contributed by atoms with E-state index in [4.69, 9.17) is 30.0 Å². The standard InChI is InChI=1S/C35H48ClN3O8Si/c1-10-12-14-44-29-24-20(22(18-40)37-32(29)36)16-19-17-21-26(39(6)7)28-25(33(38-46-28)45-15-13-11-2)31(43)35(21,30(42)23(19)27(24)41)47-48(8,9)34(3,4)5/h18-19,21,26,41H,10-17H2,1-9H3/t19-,21-,26-,35-/m0/s1. The van der Waals surface area contributed by atoms with E-state index in [1.54, 1.807) is 0 Å². The molecular formula is C35H48ClN3O8Si. The number of rotatable bonds is 12. The van der Waals surface area contributed by atoms with Crippen molar-refractivity contribution in [2.45, 2.75) is 103 Å². The van der Waals surface area contributed by atoms with Gasteiger partial charge < -0.3 is 23.5 Å². The number of aliphatic hydroxyl groups is 1. The second kappa shape index (κ2) is 13.3. The van der Waals surface area contributed by atoms with Crippen molar-refractivity contribution in [2.24, 2.45) is 11.8 Å². The molecule has 0 aliphatic heterocycles. The van der Waals surface area contributed by atoms with Crippen molar-refractivity contribution in [1.82, 2.24) is 15.0 Å². The van der Waals surface area contributed by atoms with Crippen LogP contribution in [0.5, 0.6) is 11.6 Å². The molecule has 1 fully saturated rings. The Kier molecular flexibility index (Phi) is 10.1. The molecule has 0 amide bonds. The average molecular weight is 702 g/mol. The summed E-state index contributed by atoms with van der Waals surface area (Å²) in [5.74, 6) is -2.36. The van der Waals surface area contributed by atoms with Gasteiger partial charge in [0.05, 0.1) is 24.8 Å². The first-order valence-electron chi connectivity index (χ1n) is 16.9. The van der Waals surface area contributed by atoms with E-state index in [-0.39, 0.29) is 62.8 Å². The third kappa shape index (κ3) is 5.72. The van der Waals surface area contributed by atoms with Gasteiger partial charge in [0.1, 0.15) is 17.0 Å². The maximum atomic E-state index is 15.4. The number of aldehydes is 1. The molecule has 4 atom stereocenters. The number of ether oxygens (including phenoxy) is 2. The highest BCUT2D eigenvalue weighted by molar-refractivity contribution is 6.74. The zero-order valence-electron chi connectivity index (χ0n) is 29.5. The van der Waals surface area contributed by atoms with Gasteiger partial charge in [0.2, 0.25) is 11.6 Å². The van der Waals surface area contributed by atoms with Gasteiger partial charge in [0.15, 0.2) is 36.9 Å². The van der Waals surface area contributed by atoms with Gasteiger partial charge in [-0.2, -0.15) is 0 Å². The number of fused-ring (bicyclic) bond motifs is 4. The van der Waals surface area contributed by atoms with Crippen molar-refractivity contribution >= 4 is 43.5 Å². The number of nitrogens with zero attached hydrogens (tertiary/aromatic N) is 3. The monoisotopic (exact) mass is 701 g/mol. The lowest BCUT2D eigenvalue weighted by Crippen LogP contribution is -2.68. The fourth-order valence-corrected chi connectivity index (χ4v) is 8.72. The number of aliphatic hydroxyl groups excluding tert-OH is 1. The molecule has 0 aromatic carbocycles. The summed E-state index contributed by atoms with van der Waals surface area (Å²) < 4.78 is 25.0. The molecule has 2 heterocycles. The third-order valence-electron chi connectivity index (χ3n) is 10.5. The molecule has 0 bridgehead atoms. The molecule has 2 aromatic heterocycles. The van der Waals surface area contributed by atoms with E-state index < -0.39 is 43.4 Å². The highest BCUT2D eigenvalue weighted by Gasteiger charge is 2.69. The lowest BCUT2D eigenvalue weighted by Gasteiger charge is -2.55. The normalized spacial score (nSPS) is 23.9. The predicted molar refractivity (Wildman–Crippen MR) is 184 cm³/mol. The summed E-state index contributed by atoms with van der Waals surface area (Å²) in [5.41, 5.74) is -1.16. The maximum Gasteiger partial charge on any atom is 0.265 e. The van der Waals surface area contributed by atoms with Gasteiger partial charge in [-0.25, -0.2) is 4.98 Å². The van der Waals surface area contributed by atoms with E-state index in [0.717, 1.165) is 19.3 Å². The summed E-state index contributed by atoms with van der Waals surface area (Å²) in [4.78, 5) is 49.1. The number of unbranched alkanes of at least 4 members (excludes halogenated alkanes) is 2. The smallest absolute Gasteiger partial charge is 0.265 e. The molecule has 0 saturated heterocycles. The molecule has 1 N–H and O–H groups in total. The summed E-state index contributed by atoms with van der Waals surface area (Å²) in [6.07, 6.45) is 4.26. The van der Waals surface area contributed by atoms with Crippen molar-refractivity contribution < 1.29 is 37.9 Å². The Morgan fingerprint density at radius 3 is 2.31 bits per heavy atom. The Hall–Kier alpha value is -3.06. The van der Waals surface area contributed by atoms with Crippen LogP contribution >= 0.6 is 11.6 Å². The lowest BCUT2D eigenvalue weighted by atomic mass is 9.57. The fourth-order valence-electron chi connectivity index (χ4n) is 7.03. The van der Waals surface area contributed by atoms with E-state index in [1.807, 2.05) is 66.7 Å². The van der Waals surface area contributed by atoms with Crippen molar-refractivity contribution in [3.05, 3.63) is 38.9 Å². The number of hydrogen-bond donors (Lipinski definition) is 1. The minimum Gasteiger partial charge on any atom is -0.507 e. The van der Waals surface area contributed by atoms with Crippen LogP contribution in [0.2, 0.25) is 23.3 Å². The summed E-state index contributed by atoms with van der Waals surface area (Å²) in [7, 11) is 0.853. The van der Waals surface area contributed by atoms with E-state index in [2.05, 4.69) is 10.1 Å². The first-order valence-corrected chi connectivity index (χ1v) is 20.2. The quantitative estimate of drug-likeness (QED) is 0.0790. The summed E-state index contributed by atoms with van der Waals surface area (Å²) in [6.45, 7) is 14.8. The lowest BCUT2D eigenvalue weighted by molar-refractivity contribution is -0.140. The topological polar surface area (TPSA) is 141 Å². The second-order valence-electron chi connectivity index (χ2n) is 14.9. The number of Topliss-reactive ketones (excluding diaryl/α,β-unsaturated/α-hetero) is 2. The van der Waals surface area contributed by atoms with Crippen LogP contribution in [0, 0.1) is 11.8 Å². The second-order valence-corrected chi connectivity index (χ2v) is 20.0. The van der Waals surface area contributed by atoms with Gasteiger partial charge in [0.25, 0.3) is 5.88 Å². The summed E-state index contributed by atoms with van der Waals surface area (Å²) in [6, 6.07) is -0.589. The molecular weight excluding hydrogens is 654 g/mol. The van der Waals surface area contributed by atoms with Crippen LogP contribution in [0.4, 0.5) is 0 Å². The first-order chi connectivity index (χ1) is 22.6. The molecule has 0 unspecified atom stereocenters. The summed E-state index contributed by atoms with van der Waals surface area (Å²) >= 11 is 6.54. The molecule has 262 valence electrons. The minimum atomic E-state index is -2.87. The first kappa shape index (κ1) is 36.2. The van der Waals surface area contributed by atoms with Gasteiger partial charge in [-0.1, -0.05) is 59.1 Å².